The van der Waals surface area contributed by atoms with Crippen molar-refractivity contribution in [3.63, 3.8) is 0 Å². The highest BCUT2D eigenvalue weighted by Gasteiger charge is 2.48. The normalized spacial score (nSPS) is 38.1. The molecule has 1 saturated carbocycles. The minimum Gasteiger partial charge on any atom is -0.396 e. The number of rotatable bonds is 4. The van der Waals surface area contributed by atoms with Crippen LogP contribution in [0.15, 0.2) is 0 Å². The smallest absolute Gasteiger partial charge is 0.0464 e. The lowest BCUT2D eigenvalue weighted by Crippen LogP contribution is -2.00. The molecule has 0 aromatic rings. The first-order valence-electron chi connectivity index (χ1n) is 4.34. The second kappa shape index (κ2) is 2.91. The molecule has 1 fully saturated rings. The van der Waals surface area contributed by atoms with E-state index in [0.717, 1.165) is 0 Å². The maximum absolute atomic E-state index is 8.84. The van der Waals surface area contributed by atoms with Crippen molar-refractivity contribution in [3.05, 3.63) is 0 Å². The third-order valence-corrected chi connectivity index (χ3v) is 2.86. The Hall–Kier alpha value is -0.0400. The van der Waals surface area contributed by atoms with Gasteiger partial charge in [0.05, 0.1) is 0 Å². The van der Waals surface area contributed by atoms with E-state index in [1.807, 2.05) is 0 Å². The van der Waals surface area contributed by atoms with Gasteiger partial charge in [-0.25, -0.2) is 0 Å². The van der Waals surface area contributed by atoms with Crippen molar-refractivity contribution < 1.29 is 5.11 Å². The minimum atomic E-state index is 0.403. The van der Waals surface area contributed by atoms with Crippen molar-refractivity contribution >= 4 is 0 Å². The van der Waals surface area contributed by atoms with Gasteiger partial charge in [-0.3, -0.25) is 0 Å². The van der Waals surface area contributed by atoms with Crippen LogP contribution in [0.4, 0.5) is 0 Å². The molecule has 10 heavy (non-hydrogen) atoms. The number of unbranched alkanes of at least 4 members (excludes halogenated alkanes) is 1. The molecule has 0 aliphatic heterocycles. The summed E-state index contributed by atoms with van der Waals surface area (Å²) < 4.78 is 0. The Morgan fingerprint density at radius 2 is 2.30 bits per heavy atom. The van der Waals surface area contributed by atoms with E-state index >= 15 is 0 Å². The summed E-state index contributed by atoms with van der Waals surface area (Å²) in [5.41, 5.74) is 0.519. The summed E-state index contributed by atoms with van der Waals surface area (Å²) in [7, 11) is 0. The molecule has 60 valence electrons. The Bertz CT molecular complexity index is 111. The summed E-state index contributed by atoms with van der Waals surface area (Å²) in [6.07, 6.45) is 5.18. The molecule has 2 atom stereocenters. The number of hydrogen-bond donors (Lipinski definition) is 1. The average Bonchev–Trinajstić information content (AvgIpc) is 2.59. The van der Waals surface area contributed by atoms with Crippen molar-refractivity contribution in [1.82, 2.24) is 0 Å². The van der Waals surface area contributed by atoms with E-state index in [9.17, 15) is 0 Å². The molecule has 0 saturated heterocycles. The Morgan fingerprint density at radius 3 is 2.70 bits per heavy atom. The van der Waals surface area contributed by atoms with Gasteiger partial charge in [0.15, 0.2) is 0 Å². The van der Waals surface area contributed by atoms with Gasteiger partial charge in [-0.05, 0) is 24.2 Å². The highest BCUT2D eigenvalue weighted by molar-refractivity contribution is 4.97. The van der Waals surface area contributed by atoms with Crippen molar-refractivity contribution in [1.29, 1.82) is 0 Å². The molecule has 0 amide bonds. The first-order valence-corrected chi connectivity index (χ1v) is 4.34. The Labute approximate surface area is 63.4 Å². The number of aliphatic hydroxyl groups is 1. The van der Waals surface area contributed by atoms with Gasteiger partial charge in [0.2, 0.25) is 0 Å². The Morgan fingerprint density at radius 1 is 1.60 bits per heavy atom. The first kappa shape index (κ1) is 8.06. The van der Waals surface area contributed by atoms with Crippen LogP contribution in [-0.2, 0) is 0 Å². The van der Waals surface area contributed by atoms with Gasteiger partial charge in [0, 0.05) is 6.61 Å². The van der Waals surface area contributed by atoms with Gasteiger partial charge in [0.1, 0.15) is 0 Å². The van der Waals surface area contributed by atoms with Gasteiger partial charge < -0.3 is 5.11 Å². The molecular formula is C9H18O. The van der Waals surface area contributed by atoms with Gasteiger partial charge in [-0.15, -0.1) is 0 Å². The number of aliphatic hydroxyl groups excluding tert-OH is 1. The van der Waals surface area contributed by atoms with E-state index in [1.54, 1.807) is 0 Å². The van der Waals surface area contributed by atoms with Crippen molar-refractivity contribution in [2.75, 3.05) is 6.61 Å². The molecule has 0 aromatic heterocycles. The standard InChI is InChI=1S/C9H18O/c1-3-4-5-9(2)6-8(9)7-10/h8,10H,3-7H2,1-2H3. The SMILES string of the molecule is CCCCC1(C)CC1CO. The largest absolute Gasteiger partial charge is 0.396 e. The molecule has 2 unspecified atom stereocenters. The molecule has 1 aliphatic rings. The van der Waals surface area contributed by atoms with E-state index in [1.165, 1.54) is 25.7 Å². The quantitative estimate of drug-likeness (QED) is 0.638. The van der Waals surface area contributed by atoms with Crippen LogP contribution in [-0.4, -0.2) is 11.7 Å². The average molecular weight is 142 g/mol. The molecule has 1 rings (SSSR count). The summed E-state index contributed by atoms with van der Waals surface area (Å²) in [6, 6.07) is 0. The summed E-state index contributed by atoms with van der Waals surface area (Å²) in [6.45, 7) is 4.92. The van der Waals surface area contributed by atoms with Crippen LogP contribution in [0.25, 0.3) is 0 Å². The van der Waals surface area contributed by atoms with Crippen LogP contribution in [0.2, 0.25) is 0 Å². The van der Waals surface area contributed by atoms with Crippen molar-refractivity contribution in [3.8, 4) is 0 Å². The zero-order valence-corrected chi connectivity index (χ0v) is 7.06. The molecule has 1 N–H and O–H groups in total. The fourth-order valence-corrected chi connectivity index (χ4v) is 1.68. The predicted molar refractivity (Wildman–Crippen MR) is 42.8 cm³/mol. The van der Waals surface area contributed by atoms with Gasteiger partial charge in [0.25, 0.3) is 0 Å². The van der Waals surface area contributed by atoms with E-state index in [0.29, 0.717) is 17.9 Å². The fraction of sp³-hybridized carbons (Fsp3) is 1.00. The molecule has 1 aliphatic carbocycles. The lowest BCUT2D eigenvalue weighted by Gasteiger charge is -2.07. The zero-order chi connectivity index (χ0) is 7.61. The monoisotopic (exact) mass is 142 g/mol. The molecule has 0 bridgehead atoms. The summed E-state index contributed by atoms with van der Waals surface area (Å²) >= 11 is 0. The Kier molecular flexibility index (Phi) is 2.35. The maximum atomic E-state index is 8.84. The predicted octanol–water partition coefficient (Wildman–Crippen LogP) is 2.20. The molecular weight excluding hydrogens is 124 g/mol. The van der Waals surface area contributed by atoms with E-state index in [-0.39, 0.29) is 0 Å². The summed E-state index contributed by atoms with van der Waals surface area (Å²) in [4.78, 5) is 0. The zero-order valence-electron chi connectivity index (χ0n) is 7.06. The molecule has 0 aromatic carbocycles. The third kappa shape index (κ3) is 1.51. The topological polar surface area (TPSA) is 20.2 Å². The van der Waals surface area contributed by atoms with E-state index in [2.05, 4.69) is 13.8 Å². The first-order chi connectivity index (χ1) is 4.73. The van der Waals surface area contributed by atoms with Crippen LogP contribution in [0.3, 0.4) is 0 Å². The fourth-order valence-electron chi connectivity index (χ4n) is 1.68. The maximum Gasteiger partial charge on any atom is 0.0464 e. The lowest BCUT2D eigenvalue weighted by molar-refractivity contribution is 0.248. The minimum absolute atomic E-state index is 0.403. The highest BCUT2D eigenvalue weighted by Crippen LogP contribution is 2.55. The van der Waals surface area contributed by atoms with Crippen molar-refractivity contribution in [2.24, 2.45) is 11.3 Å². The molecule has 0 radical (unpaired) electrons. The molecule has 0 heterocycles. The Balaban J connectivity index is 2.16. The van der Waals surface area contributed by atoms with Crippen LogP contribution >= 0.6 is 0 Å². The van der Waals surface area contributed by atoms with Crippen LogP contribution in [0.1, 0.15) is 39.5 Å². The van der Waals surface area contributed by atoms with Gasteiger partial charge in [-0.2, -0.15) is 0 Å². The highest BCUT2D eigenvalue weighted by atomic mass is 16.3. The lowest BCUT2D eigenvalue weighted by atomic mass is 9.99. The van der Waals surface area contributed by atoms with Gasteiger partial charge in [-0.1, -0.05) is 26.7 Å². The third-order valence-electron chi connectivity index (χ3n) is 2.86. The summed E-state index contributed by atoms with van der Waals surface area (Å²) in [5.74, 6) is 0.624. The second-order valence-corrected chi connectivity index (χ2v) is 3.84. The van der Waals surface area contributed by atoms with Crippen LogP contribution in [0.5, 0.6) is 0 Å². The van der Waals surface area contributed by atoms with Gasteiger partial charge >= 0.3 is 0 Å². The number of hydrogen-bond acceptors (Lipinski definition) is 1. The van der Waals surface area contributed by atoms with Crippen LogP contribution in [0, 0.1) is 11.3 Å². The van der Waals surface area contributed by atoms with Crippen molar-refractivity contribution in [2.45, 2.75) is 39.5 Å². The van der Waals surface area contributed by atoms with Crippen LogP contribution < -0.4 is 0 Å². The molecule has 1 heteroatoms. The summed E-state index contributed by atoms with van der Waals surface area (Å²) in [5, 5.41) is 8.84. The van der Waals surface area contributed by atoms with E-state index < -0.39 is 0 Å². The van der Waals surface area contributed by atoms with E-state index in [4.69, 9.17) is 5.11 Å². The molecule has 0 spiro atoms. The second-order valence-electron chi connectivity index (χ2n) is 3.84. The molecule has 1 nitrogen and oxygen atoms in total.